The van der Waals surface area contributed by atoms with Crippen molar-refractivity contribution in [1.82, 2.24) is 0 Å². The molecule has 156 valence electrons. The number of ketones is 2. The molecule has 0 aromatic carbocycles. The van der Waals surface area contributed by atoms with Crippen molar-refractivity contribution in [3.63, 3.8) is 0 Å². The zero-order valence-corrected chi connectivity index (χ0v) is 17.6. The third-order valence-electron chi connectivity index (χ3n) is 8.98. The van der Waals surface area contributed by atoms with Gasteiger partial charge in [0.25, 0.3) is 0 Å². The highest BCUT2D eigenvalue weighted by atomic mass is 35.5. The number of hydrogen-bond donors (Lipinski definition) is 3. The number of rotatable bonds is 2. The quantitative estimate of drug-likeness (QED) is 0.607. The van der Waals surface area contributed by atoms with Crippen LogP contribution in [0, 0.1) is 34.5 Å². The average molecular weight is 411 g/mol. The monoisotopic (exact) mass is 410 g/mol. The molecule has 28 heavy (non-hydrogen) atoms. The summed E-state index contributed by atoms with van der Waals surface area (Å²) in [6, 6.07) is 0. The molecule has 4 aliphatic carbocycles. The smallest absolute Gasteiger partial charge is 0.182 e. The van der Waals surface area contributed by atoms with Crippen LogP contribution in [0.25, 0.3) is 0 Å². The van der Waals surface area contributed by atoms with E-state index in [0.717, 1.165) is 18.4 Å². The second-order valence-corrected chi connectivity index (χ2v) is 10.4. The number of alkyl halides is 1. The van der Waals surface area contributed by atoms with Crippen LogP contribution in [0.5, 0.6) is 0 Å². The van der Waals surface area contributed by atoms with Gasteiger partial charge in [-0.15, -0.1) is 11.6 Å². The first-order valence-electron chi connectivity index (χ1n) is 10.4. The molecule has 0 amide bonds. The molecule has 0 radical (unpaired) electrons. The Morgan fingerprint density at radius 2 is 1.96 bits per heavy atom. The Morgan fingerprint density at radius 3 is 2.61 bits per heavy atom. The fourth-order valence-corrected chi connectivity index (χ4v) is 7.94. The predicted octanol–water partition coefficient (Wildman–Crippen LogP) is 2.24. The summed E-state index contributed by atoms with van der Waals surface area (Å²) in [5.74, 6) is -0.607. The van der Waals surface area contributed by atoms with E-state index in [1.165, 1.54) is 0 Å². The Kier molecular flexibility index (Phi) is 4.67. The molecule has 4 aliphatic rings. The molecular formula is C22H31ClO5. The van der Waals surface area contributed by atoms with Crippen LogP contribution < -0.4 is 0 Å². The second kappa shape index (κ2) is 6.37. The molecular weight excluding hydrogens is 380 g/mol. The SMILES string of the molecule is CC1C[C@@H]2[C@H](C(O)C[C@@]3(C)[C@H]2CC(O)[C@]3(O)C(=O)CCl)[C@@]2(C)CCC(=O)C=C12. The maximum atomic E-state index is 12.6. The molecule has 0 saturated heterocycles. The summed E-state index contributed by atoms with van der Waals surface area (Å²) < 4.78 is 0. The van der Waals surface area contributed by atoms with Crippen LogP contribution in [0.3, 0.4) is 0 Å². The molecule has 3 unspecified atom stereocenters. The lowest BCUT2D eigenvalue weighted by molar-refractivity contribution is -0.191. The van der Waals surface area contributed by atoms with E-state index in [-0.39, 0.29) is 47.2 Å². The number of allylic oxidation sites excluding steroid dienone is 1. The third kappa shape index (κ3) is 2.36. The number of aliphatic hydroxyl groups excluding tert-OH is 2. The van der Waals surface area contributed by atoms with Crippen molar-refractivity contribution in [2.75, 3.05) is 5.88 Å². The van der Waals surface area contributed by atoms with Crippen LogP contribution in [0.1, 0.15) is 52.9 Å². The number of fused-ring (bicyclic) bond motifs is 5. The van der Waals surface area contributed by atoms with E-state index in [2.05, 4.69) is 13.8 Å². The number of halogens is 1. The van der Waals surface area contributed by atoms with Gasteiger partial charge in [0, 0.05) is 11.8 Å². The Hall–Kier alpha value is -0.750. The van der Waals surface area contributed by atoms with Crippen molar-refractivity contribution in [1.29, 1.82) is 0 Å². The molecule has 0 spiro atoms. The number of carbonyl (C=O) groups excluding carboxylic acids is 2. The van der Waals surface area contributed by atoms with Gasteiger partial charge in [-0.25, -0.2) is 0 Å². The van der Waals surface area contributed by atoms with E-state index >= 15 is 0 Å². The lowest BCUT2D eigenvalue weighted by Gasteiger charge is -2.61. The van der Waals surface area contributed by atoms with Gasteiger partial charge < -0.3 is 15.3 Å². The number of hydrogen-bond acceptors (Lipinski definition) is 5. The summed E-state index contributed by atoms with van der Waals surface area (Å²) in [4.78, 5) is 24.7. The molecule has 0 heterocycles. The molecule has 0 aromatic rings. The standard InChI is InChI=1S/C22H31ClO5/c1-11-6-13-15-8-17(26)22(28,18(27)10-23)21(15,3)9-16(25)19(13)20(2)5-4-12(24)7-14(11)20/h7,11,13,15-17,19,25-26,28H,4-6,8-10H2,1-3H3/t11?,13-,15-,16?,17?,19+,20-,21-,22-/m0/s1. The molecule has 0 aromatic heterocycles. The lowest BCUT2D eigenvalue weighted by atomic mass is 9.44. The Balaban J connectivity index is 1.80. The van der Waals surface area contributed by atoms with E-state index in [9.17, 15) is 24.9 Å². The van der Waals surface area contributed by atoms with Gasteiger partial charge in [-0.3, -0.25) is 9.59 Å². The largest absolute Gasteiger partial charge is 0.393 e. The minimum atomic E-state index is -1.92. The van der Waals surface area contributed by atoms with Gasteiger partial charge in [0.2, 0.25) is 0 Å². The van der Waals surface area contributed by atoms with Crippen molar-refractivity contribution < 1.29 is 24.9 Å². The fourth-order valence-electron chi connectivity index (χ4n) is 7.74. The first-order valence-corrected chi connectivity index (χ1v) is 11.0. The van der Waals surface area contributed by atoms with E-state index in [0.29, 0.717) is 12.8 Å². The molecule has 4 rings (SSSR count). The molecule has 6 heteroatoms. The molecule has 3 fully saturated rings. The summed E-state index contributed by atoms with van der Waals surface area (Å²) in [6.07, 6.45) is 2.49. The molecule has 3 N–H and O–H groups in total. The van der Waals surface area contributed by atoms with Gasteiger partial charge in [-0.05, 0) is 60.8 Å². The predicted molar refractivity (Wildman–Crippen MR) is 105 cm³/mol. The highest BCUT2D eigenvalue weighted by Crippen LogP contribution is 2.68. The minimum absolute atomic E-state index is 0.0400. The molecule has 3 saturated carbocycles. The van der Waals surface area contributed by atoms with E-state index in [4.69, 9.17) is 11.6 Å². The van der Waals surface area contributed by atoms with E-state index in [1.807, 2.05) is 6.92 Å². The van der Waals surface area contributed by atoms with Gasteiger partial charge in [0.15, 0.2) is 17.2 Å². The Labute approximate surface area is 171 Å². The van der Waals surface area contributed by atoms with Crippen molar-refractivity contribution in [2.45, 2.75) is 70.7 Å². The van der Waals surface area contributed by atoms with Crippen molar-refractivity contribution in [2.24, 2.45) is 34.5 Å². The summed E-state index contributed by atoms with van der Waals surface area (Å²) in [5.41, 5.74) is -1.97. The summed E-state index contributed by atoms with van der Waals surface area (Å²) in [6.45, 7) is 6.12. The highest BCUT2D eigenvalue weighted by molar-refractivity contribution is 6.29. The number of Topliss-reactive ketones (excluding diaryl/α,β-unsaturated/α-hetero) is 1. The van der Waals surface area contributed by atoms with Gasteiger partial charge in [0.1, 0.15) is 0 Å². The van der Waals surface area contributed by atoms with Gasteiger partial charge in [-0.1, -0.05) is 26.3 Å². The van der Waals surface area contributed by atoms with Crippen molar-refractivity contribution in [3.8, 4) is 0 Å². The topological polar surface area (TPSA) is 94.8 Å². The Morgan fingerprint density at radius 1 is 1.29 bits per heavy atom. The Bertz CT molecular complexity index is 749. The molecule has 9 atom stereocenters. The third-order valence-corrected chi connectivity index (χ3v) is 9.22. The van der Waals surface area contributed by atoms with Crippen LogP contribution in [-0.2, 0) is 9.59 Å². The van der Waals surface area contributed by atoms with Gasteiger partial charge in [-0.2, -0.15) is 0 Å². The molecule has 0 bridgehead atoms. The average Bonchev–Trinajstić information content (AvgIpc) is 2.83. The molecule has 5 nitrogen and oxygen atoms in total. The van der Waals surface area contributed by atoms with Crippen LogP contribution in [-0.4, -0.2) is 50.6 Å². The van der Waals surface area contributed by atoms with Crippen LogP contribution in [0.4, 0.5) is 0 Å². The number of carbonyl (C=O) groups is 2. The minimum Gasteiger partial charge on any atom is -0.393 e. The highest BCUT2D eigenvalue weighted by Gasteiger charge is 2.71. The van der Waals surface area contributed by atoms with Gasteiger partial charge >= 0.3 is 0 Å². The summed E-state index contributed by atoms with van der Waals surface area (Å²) in [5, 5.41) is 33.4. The normalized spacial score (nSPS) is 53.1. The maximum Gasteiger partial charge on any atom is 0.182 e. The van der Waals surface area contributed by atoms with Crippen LogP contribution >= 0.6 is 11.6 Å². The zero-order valence-electron chi connectivity index (χ0n) is 16.8. The van der Waals surface area contributed by atoms with Crippen molar-refractivity contribution >= 4 is 23.2 Å². The first kappa shape index (κ1) is 20.5. The van der Waals surface area contributed by atoms with E-state index < -0.39 is 29.0 Å². The fraction of sp³-hybridized carbons (Fsp3) is 0.818. The lowest BCUT2D eigenvalue weighted by Crippen LogP contribution is -2.64. The van der Waals surface area contributed by atoms with Crippen LogP contribution in [0.2, 0.25) is 0 Å². The first-order chi connectivity index (χ1) is 13.0. The summed E-state index contributed by atoms with van der Waals surface area (Å²) in [7, 11) is 0. The summed E-state index contributed by atoms with van der Waals surface area (Å²) >= 11 is 5.78. The molecule has 0 aliphatic heterocycles. The van der Waals surface area contributed by atoms with Gasteiger partial charge in [0.05, 0.1) is 18.1 Å². The maximum absolute atomic E-state index is 12.6. The van der Waals surface area contributed by atoms with Crippen LogP contribution in [0.15, 0.2) is 11.6 Å². The second-order valence-electron chi connectivity index (χ2n) is 10.2. The van der Waals surface area contributed by atoms with Crippen molar-refractivity contribution in [3.05, 3.63) is 11.6 Å². The van der Waals surface area contributed by atoms with E-state index in [1.54, 1.807) is 6.08 Å². The zero-order chi connectivity index (χ0) is 20.6. The number of aliphatic hydroxyl groups is 3.